The van der Waals surface area contributed by atoms with Crippen molar-refractivity contribution in [2.75, 3.05) is 6.61 Å². The number of hydrogen-bond acceptors (Lipinski definition) is 2. The molecule has 2 nitrogen and oxygen atoms in total. The van der Waals surface area contributed by atoms with Gasteiger partial charge in [-0.25, -0.2) is 0 Å². The second-order valence-electron chi connectivity index (χ2n) is 2.76. The van der Waals surface area contributed by atoms with E-state index < -0.39 is 6.10 Å². The van der Waals surface area contributed by atoms with Crippen molar-refractivity contribution in [3.8, 4) is 10.8 Å². The quantitative estimate of drug-likeness (QED) is 0.833. The van der Waals surface area contributed by atoms with Crippen LogP contribution in [0, 0.1) is 10.8 Å². The second kappa shape index (κ2) is 6.61. The Balaban J connectivity index is 2.24. The molecule has 0 spiro atoms. The SMILES string of the molecule is O[C@@H](C#CBr)COCc1ccccc1. The summed E-state index contributed by atoms with van der Waals surface area (Å²) in [5.74, 6) is 2.53. The maximum atomic E-state index is 9.20. The van der Waals surface area contributed by atoms with Crippen LogP contribution in [-0.2, 0) is 11.3 Å². The molecule has 14 heavy (non-hydrogen) atoms. The zero-order chi connectivity index (χ0) is 10.2. The highest BCUT2D eigenvalue weighted by Crippen LogP contribution is 2.00. The van der Waals surface area contributed by atoms with Crippen LogP contribution < -0.4 is 0 Å². The number of rotatable bonds is 4. The smallest absolute Gasteiger partial charge is 0.138 e. The Morgan fingerprint density at radius 2 is 2.07 bits per heavy atom. The van der Waals surface area contributed by atoms with Crippen molar-refractivity contribution < 1.29 is 9.84 Å². The number of halogens is 1. The van der Waals surface area contributed by atoms with Crippen LogP contribution in [-0.4, -0.2) is 17.8 Å². The molecule has 1 aromatic carbocycles. The van der Waals surface area contributed by atoms with E-state index in [1.54, 1.807) is 0 Å². The molecule has 0 saturated carbocycles. The second-order valence-corrected chi connectivity index (χ2v) is 3.15. The summed E-state index contributed by atoms with van der Waals surface area (Å²) in [4.78, 5) is 2.45. The first-order valence-electron chi connectivity index (χ1n) is 4.24. The Bertz CT molecular complexity index is 313. The van der Waals surface area contributed by atoms with E-state index in [0.717, 1.165) is 5.56 Å². The van der Waals surface area contributed by atoms with Crippen molar-refractivity contribution in [3.05, 3.63) is 35.9 Å². The summed E-state index contributed by atoms with van der Waals surface area (Å²) in [6.45, 7) is 0.732. The topological polar surface area (TPSA) is 29.5 Å². The first kappa shape index (κ1) is 11.3. The van der Waals surface area contributed by atoms with Crippen molar-refractivity contribution in [1.29, 1.82) is 0 Å². The summed E-state index contributed by atoms with van der Waals surface area (Å²) in [7, 11) is 0. The predicted octanol–water partition coefficient (Wildman–Crippen LogP) is 1.92. The highest BCUT2D eigenvalue weighted by Gasteiger charge is 1.98. The molecule has 0 fully saturated rings. The Morgan fingerprint density at radius 1 is 1.36 bits per heavy atom. The van der Waals surface area contributed by atoms with Crippen LogP contribution in [0.5, 0.6) is 0 Å². The third-order valence-corrected chi connectivity index (χ3v) is 1.84. The standard InChI is InChI=1S/C11H11BrO2/c12-7-6-11(13)9-14-8-10-4-2-1-3-5-10/h1-5,11,13H,8-9H2/t11-/m0/s1. The lowest BCUT2D eigenvalue weighted by molar-refractivity contribution is 0.0544. The minimum absolute atomic E-state index is 0.230. The van der Waals surface area contributed by atoms with Gasteiger partial charge in [-0.2, -0.15) is 0 Å². The van der Waals surface area contributed by atoms with Crippen LogP contribution >= 0.6 is 15.9 Å². The van der Waals surface area contributed by atoms with Crippen LogP contribution in [0.1, 0.15) is 5.56 Å². The number of benzene rings is 1. The predicted molar refractivity (Wildman–Crippen MR) is 58.8 cm³/mol. The van der Waals surface area contributed by atoms with E-state index in [0.29, 0.717) is 6.61 Å². The van der Waals surface area contributed by atoms with E-state index in [9.17, 15) is 5.11 Å². The van der Waals surface area contributed by atoms with Gasteiger partial charge in [-0.1, -0.05) is 36.3 Å². The van der Waals surface area contributed by atoms with E-state index >= 15 is 0 Å². The van der Waals surface area contributed by atoms with Crippen LogP contribution in [0.15, 0.2) is 30.3 Å². The van der Waals surface area contributed by atoms with Crippen molar-refractivity contribution in [2.24, 2.45) is 0 Å². The molecule has 74 valence electrons. The minimum atomic E-state index is -0.724. The highest BCUT2D eigenvalue weighted by atomic mass is 79.9. The normalized spacial score (nSPS) is 11.6. The Kier molecular flexibility index (Phi) is 5.31. The first-order valence-corrected chi connectivity index (χ1v) is 5.03. The zero-order valence-electron chi connectivity index (χ0n) is 7.61. The summed E-state index contributed by atoms with van der Waals surface area (Å²) >= 11 is 2.91. The largest absolute Gasteiger partial charge is 0.378 e. The van der Waals surface area contributed by atoms with E-state index in [4.69, 9.17) is 4.74 Å². The number of aliphatic hydroxyl groups is 1. The Morgan fingerprint density at radius 3 is 2.71 bits per heavy atom. The van der Waals surface area contributed by atoms with Gasteiger partial charge < -0.3 is 9.84 Å². The lowest BCUT2D eigenvalue weighted by atomic mass is 10.2. The van der Waals surface area contributed by atoms with Crippen LogP contribution in [0.4, 0.5) is 0 Å². The Hall–Kier alpha value is -0.820. The molecule has 0 heterocycles. The maximum Gasteiger partial charge on any atom is 0.138 e. The van der Waals surface area contributed by atoms with Gasteiger partial charge in [0, 0.05) is 15.9 Å². The van der Waals surface area contributed by atoms with Gasteiger partial charge in [0.1, 0.15) is 6.10 Å². The summed E-state index contributed by atoms with van der Waals surface area (Å²) < 4.78 is 5.26. The van der Waals surface area contributed by atoms with Crippen molar-refractivity contribution in [2.45, 2.75) is 12.7 Å². The van der Waals surface area contributed by atoms with Gasteiger partial charge in [0.05, 0.1) is 13.2 Å². The minimum Gasteiger partial charge on any atom is -0.378 e. The van der Waals surface area contributed by atoms with Gasteiger partial charge in [-0.05, 0) is 10.4 Å². The van der Waals surface area contributed by atoms with E-state index in [1.165, 1.54) is 0 Å². The van der Waals surface area contributed by atoms with Crippen molar-refractivity contribution in [1.82, 2.24) is 0 Å². The Labute approximate surface area is 92.0 Å². The molecule has 1 atom stereocenters. The summed E-state index contributed by atoms with van der Waals surface area (Å²) in [6.07, 6.45) is -0.724. The average Bonchev–Trinajstić information content (AvgIpc) is 2.20. The van der Waals surface area contributed by atoms with Gasteiger partial charge >= 0.3 is 0 Å². The molecule has 0 saturated heterocycles. The fourth-order valence-corrected chi connectivity index (χ4v) is 1.23. The molecule has 0 amide bonds. The summed E-state index contributed by atoms with van der Waals surface area (Å²) in [6, 6.07) is 9.81. The van der Waals surface area contributed by atoms with Crippen LogP contribution in [0.2, 0.25) is 0 Å². The van der Waals surface area contributed by atoms with E-state index in [-0.39, 0.29) is 6.61 Å². The monoisotopic (exact) mass is 254 g/mol. The summed E-state index contributed by atoms with van der Waals surface area (Å²) in [5.41, 5.74) is 1.09. The third-order valence-electron chi connectivity index (χ3n) is 1.61. The van der Waals surface area contributed by atoms with Gasteiger partial charge in [-0.3, -0.25) is 0 Å². The average molecular weight is 255 g/mol. The van der Waals surface area contributed by atoms with E-state index in [1.807, 2.05) is 30.3 Å². The number of aliphatic hydroxyl groups excluding tert-OH is 1. The third kappa shape index (κ3) is 4.43. The molecular weight excluding hydrogens is 244 g/mol. The summed E-state index contributed by atoms with van der Waals surface area (Å²) in [5, 5.41) is 9.20. The fraction of sp³-hybridized carbons (Fsp3) is 0.273. The molecule has 0 radical (unpaired) electrons. The van der Waals surface area contributed by atoms with Gasteiger partial charge in [0.2, 0.25) is 0 Å². The molecule has 0 aromatic heterocycles. The van der Waals surface area contributed by atoms with Crippen molar-refractivity contribution >= 4 is 15.9 Å². The van der Waals surface area contributed by atoms with Gasteiger partial charge in [-0.15, -0.1) is 0 Å². The van der Waals surface area contributed by atoms with E-state index in [2.05, 4.69) is 26.7 Å². The molecule has 1 N–H and O–H groups in total. The van der Waals surface area contributed by atoms with Crippen LogP contribution in [0.25, 0.3) is 0 Å². The molecule has 0 unspecified atom stereocenters. The maximum absolute atomic E-state index is 9.20. The molecule has 0 aliphatic carbocycles. The van der Waals surface area contributed by atoms with Crippen LogP contribution in [0.3, 0.4) is 0 Å². The first-order chi connectivity index (χ1) is 6.83. The lowest BCUT2D eigenvalue weighted by Crippen LogP contribution is -2.12. The fourth-order valence-electron chi connectivity index (χ4n) is 0.967. The number of ether oxygens (including phenoxy) is 1. The zero-order valence-corrected chi connectivity index (χ0v) is 9.20. The molecule has 1 rings (SSSR count). The highest BCUT2D eigenvalue weighted by molar-refractivity contribution is 9.12. The molecule has 1 aromatic rings. The van der Waals surface area contributed by atoms with Crippen molar-refractivity contribution in [3.63, 3.8) is 0 Å². The molecule has 3 heteroatoms. The molecule has 0 bridgehead atoms. The van der Waals surface area contributed by atoms with Gasteiger partial charge in [0.25, 0.3) is 0 Å². The molecule has 0 aliphatic rings. The van der Waals surface area contributed by atoms with Gasteiger partial charge in [0.15, 0.2) is 0 Å². The number of hydrogen-bond donors (Lipinski definition) is 1. The lowest BCUT2D eigenvalue weighted by Gasteiger charge is -2.05. The molecule has 0 aliphatic heterocycles. The molecular formula is C11H11BrO2.